The summed E-state index contributed by atoms with van der Waals surface area (Å²) in [5.41, 5.74) is 16.5. The van der Waals surface area contributed by atoms with E-state index in [1.807, 2.05) is 0 Å². The molecule has 14 aromatic carbocycles. The van der Waals surface area contributed by atoms with Gasteiger partial charge in [0.05, 0.1) is 0 Å². The third-order valence-electron chi connectivity index (χ3n) is 15.8. The van der Waals surface area contributed by atoms with E-state index in [0.29, 0.717) is 0 Å². The summed E-state index contributed by atoms with van der Waals surface area (Å²) in [5, 5.41) is 16.6. The van der Waals surface area contributed by atoms with Crippen molar-refractivity contribution in [3.8, 4) is 0 Å². The molecule has 0 bridgehead atoms. The standard InChI is InChI=1S/2C17H17.2C13H10.2C11H11.2ClH.2Zr/c2*1-3-12-5-7-16-14(9-12)11-15-10-13(4-2)6-8-17(15)16;2*1-3-7-12(8-4-1)11-13-9-5-2-6-10-13;2*1-8-6-9(2)11-5-3-4-10(11)7-8;;;;/h2*5-11H,3-4H2,1-2H3;2*1-10H;2*3-7H,1-2H3;2*1H;;/q2*-1;;;2*-1;;;2*+2/p-2. The van der Waals surface area contributed by atoms with Crippen LogP contribution in [0.3, 0.4) is 0 Å². The Hall–Kier alpha value is -6.75. The summed E-state index contributed by atoms with van der Waals surface area (Å²) >= 11 is 2.92. The van der Waals surface area contributed by atoms with Crippen LogP contribution in [0.15, 0.2) is 267 Å². The molecule has 0 spiro atoms. The number of fused-ring (bicyclic) bond motifs is 8. The molecule has 4 heteroatoms. The zero-order chi connectivity index (χ0) is 59.0. The molecule has 0 heterocycles. The maximum atomic E-state index is 2.32. The van der Waals surface area contributed by atoms with Crippen LogP contribution in [-0.4, -0.2) is 6.41 Å². The van der Waals surface area contributed by atoms with E-state index in [9.17, 15) is 0 Å². The third kappa shape index (κ3) is 17.3. The van der Waals surface area contributed by atoms with E-state index in [2.05, 4.69) is 322 Å². The van der Waals surface area contributed by atoms with Crippen LogP contribution in [0.1, 0.15) is 94.5 Å². The molecule has 428 valence electrons. The first kappa shape index (κ1) is 66.8. The number of halogens is 2. The second-order valence-corrected chi connectivity index (χ2v) is 24.3. The topological polar surface area (TPSA) is 0 Å². The molecule has 0 radical (unpaired) electrons. The molecule has 0 fully saturated rings. The van der Waals surface area contributed by atoms with Gasteiger partial charge in [-0.2, -0.15) is 24.3 Å². The van der Waals surface area contributed by atoms with E-state index >= 15 is 0 Å². The van der Waals surface area contributed by atoms with Gasteiger partial charge in [-0.3, -0.25) is 0 Å². The monoisotopic (exact) mass is 1310 g/mol. The molecule has 86 heavy (non-hydrogen) atoms. The van der Waals surface area contributed by atoms with Crippen LogP contribution >= 0.6 is 0 Å². The summed E-state index contributed by atoms with van der Waals surface area (Å²) in [6.45, 7) is 17.4. The van der Waals surface area contributed by atoms with E-state index in [4.69, 9.17) is 0 Å². The zero-order valence-corrected chi connectivity index (χ0v) is 57.4. The predicted molar refractivity (Wildman–Crippen MR) is 362 cm³/mol. The first-order valence-electron chi connectivity index (χ1n) is 29.8. The average Bonchev–Trinajstić information content (AvgIpc) is 2.89. The molecule has 0 N–H and O–H groups in total. The number of hydrogen-bond acceptors (Lipinski definition) is 0. The van der Waals surface area contributed by atoms with Gasteiger partial charge in [0.15, 0.2) is 0 Å². The van der Waals surface area contributed by atoms with Gasteiger partial charge < -0.3 is 24.8 Å². The second kappa shape index (κ2) is 32.8. The number of aryl methyl sites for hydroxylation is 8. The molecule has 0 amide bonds. The Bertz CT molecular complexity index is 3930. The minimum atomic E-state index is 0. The van der Waals surface area contributed by atoms with Gasteiger partial charge >= 0.3 is 198 Å². The molecule has 0 aliphatic heterocycles. The Morgan fingerprint density at radius 2 is 0.547 bits per heavy atom. The van der Waals surface area contributed by atoms with Gasteiger partial charge in [-0.1, -0.05) is 133 Å². The Morgan fingerprint density at radius 1 is 0.291 bits per heavy atom. The summed E-state index contributed by atoms with van der Waals surface area (Å²) in [6.07, 6.45) is 4.44. The summed E-state index contributed by atoms with van der Waals surface area (Å²) in [5.74, 6) is 0. The normalized spacial score (nSPS) is 10.5. The summed E-state index contributed by atoms with van der Waals surface area (Å²) in [6, 6.07) is 96.0. The van der Waals surface area contributed by atoms with Crippen molar-refractivity contribution in [1.82, 2.24) is 0 Å². The fourth-order valence-corrected chi connectivity index (χ4v) is 12.8. The number of benzene rings is 10. The van der Waals surface area contributed by atoms with E-state index in [1.54, 1.807) is 0 Å². The molecule has 0 saturated heterocycles. The Kier molecular flexibility index (Phi) is 25.5. The van der Waals surface area contributed by atoms with Crippen LogP contribution in [0.4, 0.5) is 0 Å². The molecule has 14 rings (SSSR count). The van der Waals surface area contributed by atoms with Crippen LogP contribution in [0, 0.1) is 27.7 Å². The molecule has 14 aromatic rings. The van der Waals surface area contributed by atoms with Gasteiger partial charge in [0.2, 0.25) is 0 Å². The van der Waals surface area contributed by atoms with Crippen molar-refractivity contribution >= 4 is 71.0 Å². The summed E-state index contributed by atoms with van der Waals surface area (Å²) in [4.78, 5) is 0. The SMILES string of the molecule is CCc1ccc2c(c1)[cH-]c1cc(CC)ccc12.CCc1ccc2c(c1)[cH-]c1cc(CC)ccc12.Cc1cc(C)c2cc[cH-]c2c1.Cc1cc(C)c2cc[cH-]c2c1.[Cl-].[Cl-].[Zr+2]=[C](c1ccccc1)c1ccccc1.[Zr+2]=[C](c1ccccc1)c1ccccc1. The van der Waals surface area contributed by atoms with Gasteiger partial charge in [-0.05, 0) is 53.4 Å². The average molecular weight is 1310 g/mol. The second-order valence-electron chi connectivity index (χ2n) is 21.8. The first-order valence-corrected chi connectivity index (χ1v) is 32.2. The quantitative estimate of drug-likeness (QED) is 0.133. The van der Waals surface area contributed by atoms with Gasteiger partial charge in [0.25, 0.3) is 0 Å². The van der Waals surface area contributed by atoms with Gasteiger partial charge in [-0.25, -0.2) is 0 Å². The van der Waals surface area contributed by atoms with Crippen molar-refractivity contribution < 1.29 is 73.3 Å². The Labute approximate surface area is 553 Å². The predicted octanol–water partition coefficient (Wildman–Crippen LogP) is 15.6. The van der Waals surface area contributed by atoms with Crippen LogP contribution in [0.25, 0.3) is 64.6 Å². The van der Waals surface area contributed by atoms with Gasteiger partial charge in [0, 0.05) is 0 Å². The van der Waals surface area contributed by atoms with Crippen molar-refractivity contribution in [2.75, 3.05) is 0 Å². The van der Waals surface area contributed by atoms with Crippen molar-refractivity contribution in [1.29, 1.82) is 0 Å². The van der Waals surface area contributed by atoms with E-state index < -0.39 is 0 Å². The molecule has 0 saturated carbocycles. The number of hydrogen-bond donors (Lipinski definition) is 0. The van der Waals surface area contributed by atoms with Crippen molar-refractivity contribution in [2.24, 2.45) is 0 Å². The minimum absolute atomic E-state index is 0. The van der Waals surface area contributed by atoms with Crippen LogP contribution in [-0.2, 0) is 74.2 Å². The maximum absolute atomic E-state index is 2.32. The molecule has 0 aliphatic carbocycles. The van der Waals surface area contributed by atoms with E-state index in [1.165, 1.54) is 186 Å². The third-order valence-corrected chi connectivity index (χ3v) is 18.6. The first-order chi connectivity index (χ1) is 40.9. The van der Waals surface area contributed by atoms with Crippen LogP contribution in [0.5, 0.6) is 0 Å². The Balaban J connectivity index is 0.000000148. The summed E-state index contributed by atoms with van der Waals surface area (Å²) < 4.78 is 2.83. The van der Waals surface area contributed by atoms with Gasteiger partial charge in [0.1, 0.15) is 0 Å². The van der Waals surface area contributed by atoms with Crippen molar-refractivity contribution in [2.45, 2.75) is 81.1 Å². The zero-order valence-electron chi connectivity index (χ0n) is 51.0. The fraction of sp³-hybridized carbons (Fsp3) is 0.146. The van der Waals surface area contributed by atoms with Crippen LogP contribution < -0.4 is 24.8 Å². The molecular formula is C82H76Cl2Zr2-2. The Morgan fingerprint density at radius 3 is 0.791 bits per heavy atom. The molecule has 0 nitrogen and oxygen atoms in total. The molecule has 0 atom stereocenters. The molecule has 0 aliphatic rings. The molecule has 0 aromatic heterocycles. The van der Waals surface area contributed by atoms with E-state index in [-0.39, 0.29) is 24.8 Å². The van der Waals surface area contributed by atoms with Crippen molar-refractivity contribution in [3.63, 3.8) is 0 Å². The number of rotatable bonds is 8. The molecular weight excluding hydrogens is 1240 g/mol. The summed E-state index contributed by atoms with van der Waals surface area (Å²) in [7, 11) is 0. The fourth-order valence-electron chi connectivity index (χ4n) is 11.1. The van der Waals surface area contributed by atoms with Crippen LogP contribution in [0.2, 0.25) is 0 Å². The van der Waals surface area contributed by atoms with Gasteiger partial charge in [-0.15, -0.1) is 125 Å². The molecule has 0 unspecified atom stereocenters. The van der Waals surface area contributed by atoms with E-state index in [0.717, 1.165) is 25.7 Å². The van der Waals surface area contributed by atoms with Crippen molar-refractivity contribution in [3.05, 3.63) is 334 Å².